The molecule has 3 rings (SSSR count). The summed E-state index contributed by atoms with van der Waals surface area (Å²) in [6, 6.07) is 18.1. The number of nitrogens with one attached hydrogen (secondary N) is 2. The minimum absolute atomic E-state index is 0.528. The molecule has 0 aliphatic heterocycles. The summed E-state index contributed by atoms with van der Waals surface area (Å²) in [6.07, 6.45) is 1.74. The number of anilines is 4. The van der Waals surface area contributed by atoms with Crippen molar-refractivity contribution in [1.82, 2.24) is 9.97 Å². The molecule has 3 aromatic rings. The maximum absolute atomic E-state index is 4.50. The average molecular weight is 383 g/mol. The van der Waals surface area contributed by atoms with Crippen LogP contribution in [0.25, 0.3) is 0 Å². The number of hydrogen-bond acceptors (Lipinski definition) is 4. The van der Waals surface area contributed by atoms with E-state index in [9.17, 15) is 0 Å². The summed E-state index contributed by atoms with van der Waals surface area (Å²) >= 11 is 3.42. The molecule has 0 aliphatic carbocycles. The second-order valence-electron chi connectivity index (χ2n) is 5.80. The first-order chi connectivity index (χ1) is 11.6. The van der Waals surface area contributed by atoms with Crippen LogP contribution < -0.4 is 10.6 Å². The molecule has 2 aromatic carbocycles. The second kappa shape index (κ2) is 7.45. The van der Waals surface area contributed by atoms with Crippen LogP contribution in [-0.2, 0) is 0 Å². The fourth-order valence-electron chi connectivity index (χ4n) is 2.25. The molecule has 24 heavy (non-hydrogen) atoms. The van der Waals surface area contributed by atoms with Crippen LogP contribution in [0.4, 0.5) is 23.1 Å². The van der Waals surface area contributed by atoms with Gasteiger partial charge >= 0.3 is 0 Å². The van der Waals surface area contributed by atoms with Crippen molar-refractivity contribution in [2.75, 3.05) is 10.6 Å². The molecule has 0 spiro atoms. The summed E-state index contributed by atoms with van der Waals surface area (Å²) in [5.41, 5.74) is 3.27. The van der Waals surface area contributed by atoms with Crippen LogP contribution in [0.15, 0.2) is 65.3 Å². The highest BCUT2D eigenvalue weighted by atomic mass is 79.9. The number of nitrogens with zero attached hydrogens (tertiary/aromatic N) is 2. The van der Waals surface area contributed by atoms with Crippen LogP contribution in [0, 0.1) is 0 Å². The number of hydrogen-bond donors (Lipinski definition) is 2. The Labute approximate surface area is 150 Å². The Hall–Kier alpha value is -2.40. The molecule has 122 valence electrons. The van der Waals surface area contributed by atoms with Crippen molar-refractivity contribution >= 4 is 39.1 Å². The van der Waals surface area contributed by atoms with E-state index in [-0.39, 0.29) is 0 Å². The molecule has 2 N–H and O–H groups in total. The molecule has 0 saturated heterocycles. The van der Waals surface area contributed by atoms with Gasteiger partial charge in [0.15, 0.2) is 0 Å². The van der Waals surface area contributed by atoms with Gasteiger partial charge in [-0.1, -0.05) is 41.9 Å². The summed E-state index contributed by atoms with van der Waals surface area (Å²) < 4.78 is 1.04. The first-order valence-corrected chi connectivity index (χ1v) is 8.62. The van der Waals surface area contributed by atoms with E-state index in [4.69, 9.17) is 0 Å². The van der Waals surface area contributed by atoms with Gasteiger partial charge in [-0.25, -0.2) is 4.98 Å². The monoisotopic (exact) mass is 382 g/mol. The van der Waals surface area contributed by atoms with Gasteiger partial charge in [-0.2, -0.15) is 4.98 Å². The first-order valence-electron chi connectivity index (χ1n) is 7.83. The van der Waals surface area contributed by atoms with Crippen LogP contribution in [0.2, 0.25) is 0 Å². The van der Waals surface area contributed by atoms with Gasteiger partial charge in [0.05, 0.1) is 0 Å². The van der Waals surface area contributed by atoms with Gasteiger partial charge in [0, 0.05) is 22.0 Å². The fraction of sp³-hybridized carbons (Fsp3) is 0.158. The summed E-state index contributed by atoms with van der Waals surface area (Å²) in [5, 5.41) is 6.51. The predicted molar refractivity (Wildman–Crippen MR) is 103 cm³/mol. The Morgan fingerprint density at radius 1 is 0.833 bits per heavy atom. The van der Waals surface area contributed by atoms with Crippen LogP contribution >= 0.6 is 15.9 Å². The SMILES string of the molecule is CC(C)c1ccc(Nc2ccnc(Nc3ccc(Br)cc3)n2)cc1. The third-order valence-electron chi connectivity index (χ3n) is 3.61. The van der Waals surface area contributed by atoms with E-state index in [0.29, 0.717) is 11.9 Å². The number of benzene rings is 2. The van der Waals surface area contributed by atoms with E-state index in [0.717, 1.165) is 21.7 Å². The standard InChI is InChI=1S/C19H19BrN4/c1-13(2)14-3-7-16(8-4-14)22-18-11-12-21-19(24-18)23-17-9-5-15(20)6-10-17/h3-13H,1-2H3,(H2,21,22,23,24). The van der Waals surface area contributed by atoms with E-state index in [2.05, 4.69) is 74.6 Å². The molecular formula is C19H19BrN4. The largest absolute Gasteiger partial charge is 0.340 e. The molecule has 0 saturated carbocycles. The Bertz CT molecular complexity index is 798. The lowest BCUT2D eigenvalue weighted by Gasteiger charge is -2.10. The van der Waals surface area contributed by atoms with Crippen LogP contribution in [0.5, 0.6) is 0 Å². The summed E-state index contributed by atoms with van der Waals surface area (Å²) in [4.78, 5) is 8.76. The molecular weight excluding hydrogens is 364 g/mol. The molecule has 0 aliphatic rings. The smallest absolute Gasteiger partial charge is 0.229 e. The Morgan fingerprint density at radius 3 is 2.12 bits per heavy atom. The number of rotatable bonds is 5. The number of aromatic nitrogens is 2. The molecule has 5 heteroatoms. The minimum Gasteiger partial charge on any atom is -0.340 e. The van der Waals surface area contributed by atoms with Crippen molar-refractivity contribution in [1.29, 1.82) is 0 Å². The molecule has 0 unspecified atom stereocenters. The van der Waals surface area contributed by atoms with E-state index in [1.165, 1.54) is 5.56 Å². The summed E-state index contributed by atoms with van der Waals surface area (Å²) in [6.45, 7) is 4.37. The molecule has 4 nitrogen and oxygen atoms in total. The lowest BCUT2D eigenvalue weighted by molar-refractivity contribution is 0.867. The highest BCUT2D eigenvalue weighted by molar-refractivity contribution is 9.10. The zero-order valence-electron chi connectivity index (χ0n) is 13.6. The maximum Gasteiger partial charge on any atom is 0.229 e. The zero-order valence-corrected chi connectivity index (χ0v) is 15.2. The minimum atomic E-state index is 0.528. The lowest BCUT2D eigenvalue weighted by atomic mass is 10.0. The molecule has 0 bridgehead atoms. The maximum atomic E-state index is 4.50. The van der Waals surface area contributed by atoms with E-state index in [1.807, 2.05) is 30.3 Å². The molecule has 0 amide bonds. The fourth-order valence-corrected chi connectivity index (χ4v) is 2.51. The van der Waals surface area contributed by atoms with Gasteiger partial charge in [-0.3, -0.25) is 0 Å². The van der Waals surface area contributed by atoms with Gasteiger partial charge in [-0.05, 0) is 53.9 Å². The Balaban J connectivity index is 1.71. The molecule has 0 atom stereocenters. The van der Waals surface area contributed by atoms with Crippen molar-refractivity contribution < 1.29 is 0 Å². The molecule has 0 fully saturated rings. The quantitative estimate of drug-likeness (QED) is 0.580. The molecule has 0 radical (unpaired) electrons. The van der Waals surface area contributed by atoms with Gasteiger partial charge in [0.1, 0.15) is 5.82 Å². The van der Waals surface area contributed by atoms with Crippen LogP contribution in [-0.4, -0.2) is 9.97 Å². The van der Waals surface area contributed by atoms with Crippen molar-refractivity contribution in [2.24, 2.45) is 0 Å². The van der Waals surface area contributed by atoms with Crippen molar-refractivity contribution in [3.8, 4) is 0 Å². The third-order valence-corrected chi connectivity index (χ3v) is 4.13. The zero-order chi connectivity index (χ0) is 16.9. The van der Waals surface area contributed by atoms with Crippen molar-refractivity contribution in [3.63, 3.8) is 0 Å². The average Bonchev–Trinajstić information content (AvgIpc) is 2.58. The van der Waals surface area contributed by atoms with Gasteiger partial charge < -0.3 is 10.6 Å². The normalized spacial score (nSPS) is 10.7. The van der Waals surface area contributed by atoms with E-state index in [1.54, 1.807) is 6.20 Å². The Morgan fingerprint density at radius 2 is 1.46 bits per heavy atom. The Kier molecular flexibility index (Phi) is 5.11. The van der Waals surface area contributed by atoms with E-state index < -0.39 is 0 Å². The topological polar surface area (TPSA) is 49.8 Å². The highest BCUT2D eigenvalue weighted by Crippen LogP contribution is 2.21. The number of halogens is 1. The third kappa shape index (κ3) is 4.32. The predicted octanol–water partition coefficient (Wildman–Crippen LogP) is 5.85. The van der Waals surface area contributed by atoms with Crippen molar-refractivity contribution in [2.45, 2.75) is 19.8 Å². The molecule has 1 heterocycles. The highest BCUT2D eigenvalue weighted by Gasteiger charge is 2.02. The van der Waals surface area contributed by atoms with E-state index >= 15 is 0 Å². The van der Waals surface area contributed by atoms with Gasteiger partial charge in [0.25, 0.3) is 0 Å². The first kappa shape index (κ1) is 16.5. The lowest BCUT2D eigenvalue weighted by Crippen LogP contribution is -2.00. The molecule has 1 aromatic heterocycles. The van der Waals surface area contributed by atoms with Gasteiger partial charge in [-0.15, -0.1) is 0 Å². The second-order valence-corrected chi connectivity index (χ2v) is 6.71. The van der Waals surface area contributed by atoms with Crippen molar-refractivity contribution in [3.05, 3.63) is 70.8 Å². The van der Waals surface area contributed by atoms with Crippen LogP contribution in [0.3, 0.4) is 0 Å². The summed E-state index contributed by atoms with van der Waals surface area (Å²) in [5.74, 6) is 1.84. The van der Waals surface area contributed by atoms with Crippen LogP contribution in [0.1, 0.15) is 25.3 Å². The van der Waals surface area contributed by atoms with Gasteiger partial charge in [0.2, 0.25) is 5.95 Å². The summed E-state index contributed by atoms with van der Waals surface area (Å²) in [7, 11) is 0.